The van der Waals surface area contributed by atoms with Crippen LogP contribution in [0.5, 0.6) is 0 Å². The quantitative estimate of drug-likeness (QED) is 0.0261. The van der Waals surface area contributed by atoms with E-state index in [9.17, 15) is 14.4 Å². The Balaban J connectivity index is 4.32. The lowest BCUT2D eigenvalue weighted by Crippen LogP contribution is -2.30. The zero-order chi connectivity index (χ0) is 58.5. The van der Waals surface area contributed by atoms with Gasteiger partial charge in [-0.1, -0.05) is 289 Å². The largest absolute Gasteiger partial charge is 0.462 e. The maximum absolute atomic E-state index is 12.9. The molecule has 0 rings (SSSR count). The van der Waals surface area contributed by atoms with Crippen molar-refractivity contribution < 1.29 is 28.6 Å². The molecule has 6 heteroatoms. The Morgan fingerprint density at radius 1 is 0.247 bits per heavy atom. The first kappa shape index (κ1) is 76.5. The number of hydrogen-bond acceptors (Lipinski definition) is 6. The van der Waals surface area contributed by atoms with Crippen LogP contribution in [0.3, 0.4) is 0 Å². The lowest BCUT2D eigenvalue weighted by molar-refractivity contribution is -0.167. The average molecular weight is 1120 g/mol. The maximum Gasteiger partial charge on any atom is 0.306 e. The molecular weight excluding hydrogens is 997 g/mol. The molecule has 0 aliphatic carbocycles. The average Bonchev–Trinajstić information content (AvgIpc) is 3.47. The Labute approximate surface area is 500 Å². The van der Waals surface area contributed by atoms with E-state index in [1.54, 1.807) is 0 Å². The molecule has 0 fully saturated rings. The van der Waals surface area contributed by atoms with Gasteiger partial charge < -0.3 is 14.2 Å². The van der Waals surface area contributed by atoms with Gasteiger partial charge in [-0.3, -0.25) is 14.4 Å². The van der Waals surface area contributed by atoms with Crippen molar-refractivity contribution in [1.82, 2.24) is 0 Å². The molecule has 1 atom stereocenters. The molecule has 81 heavy (non-hydrogen) atoms. The summed E-state index contributed by atoms with van der Waals surface area (Å²) in [4.78, 5) is 38.4. The van der Waals surface area contributed by atoms with Crippen LogP contribution in [0.15, 0.2) is 134 Å². The minimum absolute atomic E-state index is 0.0913. The summed E-state index contributed by atoms with van der Waals surface area (Å²) in [5.74, 6) is -0.916. The van der Waals surface area contributed by atoms with Crippen LogP contribution in [-0.4, -0.2) is 37.2 Å². The number of rotatable bonds is 60. The molecule has 0 aromatic heterocycles. The summed E-state index contributed by atoms with van der Waals surface area (Å²) in [6.45, 7) is 6.30. The second-order valence-corrected chi connectivity index (χ2v) is 21.9. The van der Waals surface area contributed by atoms with E-state index < -0.39 is 6.10 Å². The van der Waals surface area contributed by atoms with Crippen molar-refractivity contribution in [3.8, 4) is 0 Å². The molecule has 0 aromatic rings. The molecule has 0 heterocycles. The van der Waals surface area contributed by atoms with Gasteiger partial charge in [-0.25, -0.2) is 0 Å². The van der Waals surface area contributed by atoms with Crippen molar-refractivity contribution in [3.63, 3.8) is 0 Å². The van der Waals surface area contributed by atoms with Crippen molar-refractivity contribution in [2.24, 2.45) is 0 Å². The Morgan fingerprint density at radius 3 is 0.691 bits per heavy atom. The molecule has 6 nitrogen and oxygen atoms in total. The van der Waals surface area contributed by atoms with E-state index >= 15 is 0 Å². The van der Waals surface area contributed by atoms with Gasteiger partial charge >= 0.3 is 17.9 Å². The summed E-state index contributed by atoms with van der Waals surface area (Å²) < 4.78 is 16.9. The van der Waals surface area contributed by atoms with E-state index in [1.807, 2.05) is 0 Å². The zero-order valence-corrected chi connectivity index (χ0v) is 52.8. The fraction of sp³-hybridized carbons (Fsp3) is 0.667. The predicted molar refractivity (Wildman–Crippen MR) is 353 cm³/mol. The predicted octanol–water partition coefficient (Wildman–Crippen LogP) is 23.3. The lowest BCUT2D eigenvalue weighted by atomic mass is 10.0. The van der Waals surface area contributed by atoms with Crippen LogP contribution in [0.4, 0.5) is 0 Å². The zero-order valence-electron chi connectivity index (χ0n) is 52.8. The number of esters is 3. The van der Waals surface area contributed by atoms with Crippen LogP contribution in [0, 0.1) is 0 Å². The van der Waals surface area contributed by atoms with Gasteiger partial charge in [0, 0.05) is 19.3 Å². The minimum Gasteiger partial charge on any atom is -0.462 e. The Morgan fingerprint density at radius 2 is 0.444 bits per heavy atom. The fourth-order valence-electron chi connectivity index (χ4n) is 9.21. The van der Waals surface area contributed by atoms with E-state index in [0.29, 0.717) is 19.3 Å². The van der Waals surface area contributed by atoms with E-state index in [-0.39, 0.29) is 31.1 Å². The van der Waals surface area contributed by atoms with Crippen molar-refractivity contribution in [1.29, 1.82) is 0 Å². The number of carbonyl (C=O) groups excluding carboxylic acids is 3. The summed E-state index contributed by atoms with van der Waals surface area (Å²) in [5.41, 5.74) is 0. The van der Waals surface area contributed by atoms with Crippen LogP contribution in [0.25, 0.3) is 0 Å². The highest BCUT2D eigenvalue weighted by molar-refractivity contribution is 5.71. The van der Waals surface area contributed by atoms with E-state index in [4.69, 9.17) is 14.2 Å². The summed E-state index contributed by atoms with van der Waals surface area (Å²) in [7, 11) is 0. The Bertz CT molecular complexity index is 1720. The molecule has 0 spiro atoms. The molecule has 0 radical (unpaired) electrons. The van der Waals surface area contributed by atoms with Gasteiger partial charge in [-0.2, -0.15) is 0 Å². The number of ether oxygens (including phenoxy) is 3. The first-order valence-corrected chi connectivity index (χ1v) is 33.7. The Kier molecular flexibility index (Phi) is 64.3. The molecule has 1 unspecified atom stereocenters. The monoisotopic (exact) mass is 1120 g/mol. The van der Waals surface area contributed by atoms with Crippen LogP contribution < -0.4 is 0 Å². The van der Waals surface area contributed by atoms with Crippen LogP contribution >= 0.6 is 0 Å². The van der Waals surface area contributed by atoms with E-state index in [1.165, 1.54) is 103 Å². The molecule has 0 N–H and O–H groups in total. The van der Waals surface area contributed by atoms with Crippen LogP contribution in [0.2, 0.25) is 0 Å². The summed E-state index contributed by atoms with van der Waals surface area (Å²) in [5, 5.41) is 0. The molecule has 0 aliphatic heterocycles. The lowest BCUT2D eigenvalue weighted by Gasteiger charge is -2.18. The normalized spacial score (nSPS) is 13.0. The standard InChI is InChI=1S/C75H124O6/c1-4-7-10-13-16-19-22-25-28-30-32-33-34-35-36-37-38-39-40-41-43-44-47-50-53-56-59-62-65-68-74(77)80-71-72(70-79-73(76)67-64-61-58-55-52-49-46-27-24-21-18-15-12-9-6-3)81-75(78)69-66-63-60-57-54-51-48-45-42-31-29-26-23-20-17-14-11-8-5-2/h7-12,16-21,25-29,32-33,42,45-46,72H,4-6,13-15,22-24,30-31,34-41,43-44,47-71H2,1-3H3/b10-7-,11-8-,12-9-,19-16-,20-17-,21-18-,28-25-,29-26-,33-32-,45-42-,46-27-. The third-order valence-electron chi connectivity index (χ3n) is 14.1. The number of hydrogen-bond donors (Lipinski definition) is 0. The highest BCUT2D eigenvalue weighted by Gasteiger charge is 2.19. The van der Waals surface area contributed by atoms with Gasteiger partial charge in [0.1, 0.15) is 13.2 Å². The van der Waals surface area contributed by atoms with Crippen LogP contribution in [-0.2, 0) is 28.6 Å². The summed E-state index contributed by atoms with van der Waals surface area (Å²) in [6, 6.07) is 0. The topological polar surface area (TPSA) is 78.9 Å². The van der Waals surface area contributed by atoms with Gasteiger partial charge in [-0.15, -0.1) is 0 Å². The fourth-order valence-corrected chi connectivity index (χ4v) is 9.21. The molecule has 0 bridgehead atoms. The highest BCUT2D eigenvalue weighted by Crippen LogP contribution is 2.16. The number of allylic oxidation sites excluding steroid dienone is 22. The second kappa shape index (κ2) is 68.1. The SMILES string of the molecule is CC/C=C\C/C=C\C/C=C\C/C=C\CCCCCCCCCCCCCCCCCCC(=O)OCC(COC(=O)CCCCCCC/C=C\C/C=C\C/C=C\CC)OC(=O)CCCCCCCC/C=C\C/C=C\C/C=C\C/C=C\CC. The first-order valence-electron chi connectivity index (χ1n) is 33.7. The number of carbonyl (C=O) groups is 3. The van der Waals surface area contributed by atoms with Crippen molar-refractivity contribution in [3.05, 3.63) is 134 Å². The van der Waals surface area contributed by atoms with Gasteiger partial charge in [0.2, 0.25) is 0 Å². The Hall–Kier alpha value is -4.45. The minimum atomic E-state index is -0.798. The maximum atomic E-state index is 12.9. The molecule has 0 aromatic carbocycles. The molecule has 0 aliphatic rings. The molecule has 0 amide bonds. The van der Waals surface area contributed by atoms with Gasteiger partial charge in [0.25, 0.3) is 0 Å². The van der Waals surface area contributed by atoms with E-state index in [0.717, 1.165) is 161 Å². The van der Waals surface area contributed by atoms with Gasteiger partial charge in [0.15, 0.2) is 6.10 Å². The smallest absolute Gasteiger partial charge is 0.306 e. The summed E-state index contributed by atoms with van der Waals surface area (Å²) in [6.07, 6.45) is 96.1. The molecule has 460 valence electrons. The molecule has 0 saturated heterocycles. The van der Waals surface area contributed by atoms with Crippen molar-refractivity contribution in [2.75, 3.05) is 13.2 Å². The summed E-state index contributed by atoms with van der Waals surface area (Å²) >= 11 is 0. The van der Waals surface area contributed by atoms with E-state index in [2.05, 4.69) is 154 Å². The third-order valence-corrected chi connectivity index (χ3v) is 14.1. The first-order chi connectivity index (χ1) is 40.0. The van der Waals surface area contributed by atoms with Gasteiger partial charge in [0.05, 0.1) is 0 Å². The van der Waals surface area contributed by atoms with Gasteiger partial charge in [-0.05, 0) is 128 Å². The molecule has 0 saturated carbocycles. The molecular formula is C75H124O6. The number of unbranched alkanes of at least 4 members (excludes halogenated alkanes) is 27. The third kappa shape index (κ3) is 66.2. The van der Waals surface area contributed by atoms with Crippen molar-refractivity contribution in [2.45, 2.75) is 309 Å². The van der Waals surface area contributed by atoms with Crippen LogP contribution in [0.1, 0.15) is 303 Å². The highest BCUT2D eigenvalue weighted by atomic mass is 16.6. The second-order valence-electron chi connectivity index (χ2n) is 21.9. The van der Waals surface area contributed by atoms with Crippen molar-refractivity contribution >= 4 is 17.9 Å².